The number of ether oxygens (including phenoxy) is 1. The van der Waals surface area contributed by atoms with E-state index in [1.807, 2.05) is 0 Å². The third-order valence-electron chi connectivity index (χ3n) is 6.94. The summed E-state index contributed by atoms with van der Waals surface area (Å²) in [5, 5.41) is 11.4. The van der Waals surface area contributed by atoms with Crippen molar-refractivity contribution < 1.29 is 48.6 Å². The molecule has 0 aromatic heterocycles. The van der Waals surface area contributed by atoms with Crippen molar-refractivity contribution in [2.45, 2.75) is 42.3 Å². The Bertz CT molecular complexity index is 1630. The van der Waals surface area contributed by atoms with Gasteiger partial charge in [0, 0.05) is 11.4 Å². The second kappa shape index (κ2) is 10.5. The molecule has 220 valence electrons. The molecule has 2 aliphatic rings. The number of halogens is 5. The maximum absolute atomic E-state index is 14.1. The SMILES string of the molecule is O=S1(=O)C[C@@H](NS(=O)(=O)c2ccc(OC(F)(F)F)cc2)[C@H](O)[C@@H](N2c3ccc(F)cc3CCc3cc(F)ccc32)C1. The number of anilines is 2. The maximum atomic E-state index is 14.1. The third-order valence-corrected chi connectivity index (χ3v) is 10.2. The molecule has 3 aromatic rings. The summed E-state index contributed by atoms with van der Waals surface area (Å²) in [7, 11) is -8.53. The highest BCUT2D eigenvalue weighted by Gasteiger charge is 2.45. The minimum absolute atomic E-state index is 0.291. The Morgan fingerprint density at radius 2 is 1.41 bits per heavy atom. The predicted molar refractivity (Wildman–Crippen MR) is 138 cm³/mol. The van der Waals surface area contributed by atoms with Crippen molar-refractivity contribution >= 4 is 31.2 Å². The van der Waals surface area contributed by atoms with Gasteiger partial charge in [-0.3, -0.25) is 0 Å². The number of aryl methyl sites for hydroxylation is 2. The van der Waals surface area contributed by atoms with Gasteiger partial charge in [-0.15, -0.1) is 13.2 Å². The Morgan fingerprint density at radius 1 is 0.878 bits per heavy atom. The number of benzene rings is 3. The van der Waals surface area contributed by atoms with Gasteiger partial charge in [0.1, 0.15) is 17.4 Å². The second-order valence-electron chi connectivity index (χ2n) is 9.80. The van der Waals surface area contributed by atoms with Crippen LogP contribution in [0.3, 0.4) is 0 Å². The summed E-state index contributed by atoms with van der Waals surface area (Å²) >= 11 is 0. The van der Waals surface area contributed by atoms with E-state index in [1.165, 1.54) is 29.2 Å². The predicted octanol–water partition coefficient (Wildman–Crippen LogP) is 3.61. The molecule has 0 saturated carbocycles. The average Bonchev–Trinajstić information content (AvgIpc) is 3.01. The molecule has 3 aromatic carbocycles. The summed E-state index contributed by atoms with van der Waals surface area (Å²) in [5.74, 6) is -3.11. The van der Waals surface area contributed by atoms with Crippen molar-refractivity contribution in [3.8, 4) is 5.75 Å². The number of sulfonamides is 1. The number of nitrogens with zero attached hydrogens (tertiary/aromatic N) is 1. The van der Waals surface area contributed by atoms with Crippen molar-refractivity contribution in [1.82, 2.24) is 4.72 Å². The van der Waals surface area contributed by atoms with E-state index in [0.717, 1.165) is 36.4 Å². The molecule has 5 rings (SSSR count). The lowest BCUT2D eigenvalue weighted by molar-refractivity contribution is -0.274. The molecule has 15 heteroatoms. The lowest BCUT2D eigenvalue weighted by Gasteiger charge is -2.42. The van der Waals surface area contributed by atoms with Crippen molar-refractivity contribution in [3.05, 3.63) is 83.4 Å². The number of sulfone groups is 1. The van der Waals surface area contributed by atoms with Crippen molar-refractivity contribution in [3.63, 3.8) is 0 Å². The van der Waals surface area contributed by atoms with E-state index in [-0.39, 0.29) is 0 Å². The second-order valence-corrected chi connectivity index (χ2v) is 13.7. The number of fused-ring (bicyclic) bond motifs is 2. The molecule has 1 fully saturated rings. The monoisotopic (exact) mass is 618 g/mol. The Hall–Kier alpha value is -3.27. The number of hydrogen-bond donors (Lipinski definition) is 2. The van der Waals surface area contributed by atoms with Crippen LogP contribution in [-0.2, 0) is 32.7 Å². The van der Waals surface area contributed by atoms with Crippen LogP contribution in [0.25, 0.3) is 0 Å². The standard InChI is InChI=1S/C26H23F5N2O6S2/c27-17-3-9-22-15(11-17)1-2-16-12-18(28)4-10-23(16)33(22)24-14-40(35,36)13-21(25(24)34)32-41(37,38)20-7-5-19(6-8-20)39-26(29,30)31/h3-12,21,24-25,32,34H,1-2,13-14H2/t21-,24+,25+/m1/s1. The molecule has 0 aliphatic carbocycles. The lowest BCUT2D eigenvalue weighted by Crippen LogP contribution is -2.62. The largest absolute Gasteiger partial charge is 0.573 e. The quantitative estimate of drug-likeness (QED) is 0.421. The first kappa shape index (κ1) is 29.2. The molecule has 8 nitrogen and oxygen atoms in total. The summed E-state index contributed by atoms with van der Waals surface area (Å²) in [4.78, 5) is 0.984. The first-order valence-electron chi connectivity index (χ1n) is 12.2. The number of alkyl halides is 3. The number of aliphatic hydroxyl groups is 1. The molecule has 2 aliphatic heterocycles. The normalized spacial score (nSPS) is 22.4. The van der Waals surface area contributed by atoms with Gasteiger partial charge >= 0.3 is 6.36 Å². The van der Waals surface area contributed by atoms with Gasteiger partial charge in [0.25, 0.3) is 0 Å². The van der Waals surface area contributed by atoms with Crippen LogP contribution in [0.2, 0.25) is 0 Å². The van der Waals surface area contributed by atoms with Gasteiger partial charge in [0.05, 0.1) is 34.6 Å². The van der Waals surface area contributed by atoms with Gasteiger partial charge in [0.2, 0.25) is 10.0 Å². The van der Waals surface area contributed by atoms with E-state index in [1.54, 1.807) is 0 Å². The van der Waals surface area contributed by atoms with Crippen molar-refractivity contribution in [1.29, 1.82) is 0 Å². The fourth-order valence-electron chi connectivity index (χ4n) is 5.22. The molecule has 3 atom stereocenters. The Labute approximate surface area is 232 Å². The van der Waals surface area contributed by atoms with E-state index >= 15 is 0 Å². The van der Waals surface area contributed by atoms with Crippen LogP contribution in [0.15, 0.2) is 65.6 Å². The van der Waals surface area contributed by atoms with Crippen LogP contribution in [0.1, 0.15) is 11.1 Å². The number of hydrogen-bond acceptors (Lipinski definition) is 7. The molecule has 0 amide bonds. The molecule has 2 heterocycles. The van der Waals surface area contributed by atoms with Gasteiger partial charge in [-0.1, -0.05) is 0 Å². The highest BCUT2D eigenvalue weighted by atomic mass is 32.2. The molecular weight excluding hydrogens is 595 g/mol. The highest BCUT2D eigenvalue weighted by Crippen LogP contribution is 2.40. The zero-order chi connectivity index (χ0) is 29.7. The summed E-state index contributed by atoms with van der Waals surface area (Å²) < 4.78 is 124. The fourth-order valence-corrected chi connectivity index (χ4v) is 8.41. The summed E-state index contributed by atoms with van der Waals surface area (Å²) in [6.07, 6.45) is -6.04. The third kappa shape index (κ3) is 6.32. The Morgan fingerprint density at radius 3 is 1.93 bits per heavy atom. The molecule has 0 spiro atoms. The van der Waals surface area contributed by atoms with Gasteiger partial charge in [0.15, 0.2) is 9.84 Å². The van der Waals surface area contributed by atoms with Gasteiger partial charge in [-0.25, -0.2) is 30.3 Å². The van der Waals surface area contributed by atoms with Crippen LogP contribution in [0.4, 0.5) is 33.3 Å². The molecule has 2 N–H and O–H groups in total. The topological polar surface area (TPSA) is 113 Å². The van der Waals surface area contributed by atoms with E-state index in [0.29, 0.717) is 35.3 Å². The van der Waals surface area contributed by atoms with Crippen LogP contribution in [0, 0.1) is 11.6 Å². The lowest BCUT2D eigenvalue weighted by atomic mass is 10.0. The minimum atomic E-state index is -4.99. The number of nitrogens with one attached hydrogen (secondary N) is 1. The smallest absolute Gasteiger partial charge is 0.406 e. The van der Waals surface area contributed by atoms with E-state index in [4.69, 9.17) is 0 Å². The fraction of sp³-hybridized carbons (Fsp3) is 0.308. The van der Waals surface area contributed by atoms with E-state index < -0.39 is 78.2 Å². The first-order valence-corrected chi connectivity index (χ1v) is 15.5. The Kier molecular flexibility index (Phi) is 7.51. The maximum Gasteiger partial charge on any atom is 0.573 e. The van der Waals surface area contributed by atoms with Crippen molar-refractivity contribution in [2.24, 2.45) is 0 Å². The Balaban J connectivity index is 1.51. The zero-order valence-electron chi connectivity index (χ0n) is 21.0. The molecule has 0 unspecified atom stereocenters. The summed E-state index contributed by atoms with van der Waals surface area (Å²) in [6.45, 7) is 0. The zero-order valence-corrected chi connectivity index (χ0v) is 22.6. The van der Waals surface area contributed by atoms with E-state index in [9.17, 15) is 43.9 Å². The first-order chi connectivity index (χ1) is 19.1. The van der Waals surface area contributed by atoms with Gasteiger partial charge < -0.3 is 14.7 Å². The molecule has 41 heavy (non-hydrogen) atoms. The van der Waals surface area contributed by atoms with Crippen LogP contribution in [-0.4, -0.2) is 58.0 Å². The van der Waals surface area contributed by atoms with Crippen LogP contribution >= 0.6 is 0 Å². The summed E-state index contributed by atoms with van der Waals surface area (Å²) in [5.41, 5.74) is 1.71. The molecule has 1 saturated heterocycles. The van der Waals surface area contributed by atoms with Crippen molar-refractivity contribution in [2.75, 3.05) is 16.4 Å². The minimum Gasteiger partial charge on any atom is -0.406 e. The van der Waals surface area contributed by atoms with Gasteiger partial charge in [-0.05, 0) is 84.6 Å². The summed E-state index contributed by atoms with van der Waals surface area (Å²) in [6, 6.07) is 8.10. The molecule has 0 radical (unpaired) electrons. The average molecular weight is 619 g/mol. The highest BCUT2D eigenvalue weighted by molar-refractivity contribution is 7.91. The molecule has 0 bridgehead atoms. The number of aliphatic hydroxyl groups excluding tert-OH is 1. The van der Waals surface area contributed by atoms with Crippen LogP contribution in [0.5, 0.6) is 5.75 Å². The number of rotatable bonds is 5. The van der Waals surface area contributed by atoms with Crippen LogP contribution < -0.4 is 14.4 Å². The van der Waals surface area contributed by atoms with Gasteiger partial charge in [-0.2, -0.15) is 0 Å². The molecular formula is C26H23F5N2O6S2. The van der Waals surface area contributed by atoms with E-state index in [2.05, 4.69) is 9.46 Å².